The van der Waals surface area contributed by atoms with E-state index in [2.05, 4.69) is 6.58 Å². The average Bonchev–Trinajstić information content (AvgIpc) is 2.76. The highest BCUT2D eigenvalue weighted by Crippen LogP contribution is 2.42. The molecule has 0 N–H and O–H groups in total. The third-order valence-electron chi connectivity index (χ3n) is 5.05. The number of fused-ring (bicyclic) bond motifs is 2. The number of esters is 2. The SMILES string of the molecule is C=C(C)C(=O)Oc1ccc2c(C3=CCCC=C3C(=O)OC)c3ccc(=O)cc-3oc2c1. The summed E-state index contributed by atoms with van der Waals surface area (Å²) in [7, 11) is 1.35. The molecule has 0 unspecified atom stereocenters. The lowest BCUT2D eigenvalue weighted by atomic mass is 9.86. The van der Waals surface area contributed by atoms with E-state index in [1.54, 1.807) is 31.2 Å². The van der Waals surface area contributed by atoms with Gasteiger partial charge < -0.3 is 13.9 Å². The van der Waals surface area contributed by atoms with Crippen LogP contribution in [-0.4, -0.2) is 19.0 Å². The van der Waals surface area contributed by atoms with Gasteiger partial charge in [-0.3, -0.25) is 4.79 Å². The second-order valence-corrected chi connectivity index (χ2v) is 7.27. The van der Waals surface area contributed by atoms with Gasteiger partial charge in [0.25, 0.3) is 0 Å². The normalized spacial score (nSPS) is 13.5. The molecule has 1 heterocycles. The molecule has 1 aromatic carbocycles. The largest absolute Gasteiger partial charge is 0.465 e. The Labute approximate surface area is 178 Å². The minimum atomic E-state index is -0.548. The number of benzene rings is 2. The average molecular weight is 416 g/mol. The van der Waals surface area contributed by atoms with Crippen molar-refractivity contribution in [1.82, 2.24) is 0 Å². The van der Waals surface area contributed by atoms with Crippen LogP contribution in [0.2, 0.25) is 0 Å². The highest BCUT2D eigenvalue weighted by atomic mass is 16.5. The van der Waals surface area contributed by atoms with Crippen molar-refractivity contribution in [2.75, 3.05) is 7.11 Å². The molecule has 0 saturated heterocycles. The van der Waals surface area contributed by atoms with E-state index in [0.29, 0.717) is 33.4 Å². The standard InChI is InChI=1S/C25H20O6/c1-14(2)24(27)30-16-9-11-20-22(13-16)31-21-12-15(26)8-10-19(21)23(20)17-6-4-5-7-18(17)25(28)29-3/h6-13H,1,4-5H2,2-3H3. The molecule has 6 nitrogen and oxygen atoms in total. The first-order valence-electron chi connectivity index (χ1n) is 9.76. The van der Waals surface area contributed by atoms with Crippen molar-refractivity contribution < 1.29 is 23.5 Å². The van der Waals surface area contributed by atoms with Crippen LogP contribution in [0.15, 0.2) is 75.5 Å². The van der Waals surface area contributed by atoms with Gasteiger partial charge in [0.05, 0.1) is 12.7 Å². The van der Waals surface area contributed by atoms with Crippen molar-refractivity contribution in [2.45, 2.75) is 19.8 Å². The molecule has 3 aliphatic rings. The van der Waals surface area contributed by atoms with Crippen molar-refractivity contribution in [3.05, 3.63) is 82.1 Å². The van der Waals surface area contributed by atoms with E-state index in [0.717, 1.165) is 18.4 Å². The van der Waals surface area contributed by atoms with Gasteiger partial charge in [0.2, 0.25) is 0 Å². The maximum atomic E-state index is 12.4. The fourth-order valence-electron chi connectivity index (χ4n) is 3.61. The van der Waals surface area contributed by atoms with Crippen molar-refractivity contribution in [2.24, 2.45) is 0 Å². The summed E-state index contributed by atoms with van der Waals surface area (Å²) < 4.78 is 16.3. The van der Waals surface area contributed by atoms with Gasteiger partial charge in [0, 0.05) is 34.2 Å². The Bertz CT molecular complexity index is 1320. The molecule has 0 spiro atoms. The fraction of sp³-hybridized carbons (Fsp3) is 0.160. The Morgan fingerprint density at radius 2 is 1.84 bits per heavy atom. The lowest BCUT2D eigenvalue weighted by Gasteiger charge is -2.21. The van der Waals surface area contributed by atoms with Gasteiger partial charge >= 0.3 is 11.9 Å². The molecule has 0 saturated carbocycles. The molecule has 31 heavy (non-hydrogen) atoms. The van der Waals surface area contributed by atoms with E-state index in [9.17, 15) is 14.4 Å². The molecular formula is C25H20O6. The molecule has 4 rings (SSSR count). The summed E-state index contributed by atoms with van der Waals surface area (Å²) in [5.74, 6) is -0.322. The molecule has 0 bridgehead atoms. The Kier molecular flexibility index (Phi) is 5.29. The third kappa shape index (κ3) is 3.80. The third-order valence-corrected chi connectivity index (χ3v) is 5.05. The van der Waals surface area contributed by atoms with Crippen LogP contribution in [-0.2, 0) is 14.3 Å². The molecule has 1 aromatic rings. The second-order valence-electron chi connectivity index (χ2n) is 7.27. The van der Waals surface area contributed by atoms with Crippen molar-refractivity contribution in [3.63, 3.8) is 0 Å². The summed E-state index contributed by atoms with van der Waals surface area (Å²) in [6.45, 7) is 5.14. The van der Waals surface area contributed by atoms with Gasteiger partial charge in [-0.25, -0.2) is 9.59 Å². The van der Waals surface area contributed by atoms with Crippen LogP contribution in [0.3, 0.4) is 0 Å². The summed E-state index contributed by atoms with van der Waals surface area (Å²) in [6, 6.07) is 9.55. The van der Waals surface area contributed by atoms with E-state index in [4.69, 9.17) is 13.9 Å². The Hall–Kier alpha value is -3.93. The van der Waals surface area contributed by atoms with Crippen LogP contribution in [0.5, 0.6) is 5.75 Å². The van der Waals surface area contributed by atoms with Gasteiger partial charge in [-0.2, -0.15) is 0 Å². The monoisotopic (exact) mass is 416 g/mol. The van der Waals surface area contributed by atoms with Crippen LogP contribution >= 0.6 is 0 Å². The lowest BCUT2D eigenvalue weighted by Crippen LogP contribution is -2.11. The highest BCUT2D eigenvalue weighted by molar-refractivity contribution is 6.12. The van der Waals surface area contributed by atoms with E-state index < -0.39 is 11.9 Å². The van der Waals surface area contributed by atoms with Gasteiger partial charge in [0.1, 0.15) is 17.1 Å². The number of hydrogen-bond acceptors (Lipinski definition) is 6. The van der Waals surface area contributed by atoms with Crippen LogP contribution in [0.1, 0.15) is 25.3 Å². The fourth-order valence-corrected chi connectivity index (χ4v) is 3.61. The predicted octanol–water partition coefficient (Wildman–Crippen LogP) is 4.66. The maximum Gasteiger partial charge on any atom is 0.338 e. The lowest BCUT2D eigenvalue weighted by molar-refractivity contribution is -0.135. The van der Waals surface area contributed by atoms with E-state index in [1.807, 2.05) is 12.2 Å². The zero-order valence-electron chi connectivity index (χ0n) is 17.2. The number of ether oxygens (including phenoxy) is 2. The predicted molar refractivity (Wildman–Crippen MR) is 117 cm³/mol. The van der Waals surface area contributed by atoms with Crippen LogP contribution < -0.4 is 10.2 Å². The maximum absolute atomic E-state index is 12.4. The number of rotatable bonds is 4. The Balaban J connectivity index is 1.98. The number of carbonyl (C=O) groups excluding carboxylic acids is 2. The summed E-state index contributed by atoms with van der Waals surface area (Å²) in [4.78, 5) is 36.3. The second kappa shape index (κ2) is 8.07. The molecule has 0 radical (unpaired) electrons. The van der Waals surface area contributed by atoms with E-state index >= 15 is 0 Å². The number of hydrogen-bond donors (Lipinski definition) is 0. The molecule has 6 heteroatoms. The first-order valence-corrected chi connectivity index (χ1v) is 9.76. The van der Waals surface area contributed by atoms with Gasteiger partial charge in [-0.1, -0.05) is 18.7 Å². The van der Waals surface area contributed by atoms with Gasteiger partial charge in [-0.05, 0) is 49.6 Å². The van der Waals surface area contributed by atoms with Gasteiger partial charge in [0.15, 0.2) is 5.43 Å². The molecule has 0 amide bonds. The molecule has 156 valence electrons. The first-order chi connectivity index (χ1) is 14.9. The topological polar surface area (TPSA) is 82.8 Å². The molecule has 0 atom stereocenters. The summed E-state index contributed by atoms with van der Waals surface area (Å²) in [5.41, 5.74) is 3.11. The van der Waals surface area contributed by atoms with Crippen LogP contribution in [0.25, 0.3) is 27.9 Å². The summed E-state index contributed by atoms with van der Waals surface area (Å²) in [6.07, 6.45) is 5.33. The zero-order chi connectivity index (χ0) is 22.1. The van der Waals surface area contributed by atoms with Crippen LogP contribution in [0.4, 0.5) is 0 Å². The van der Waals surface area contributed by atoms with Crippen molar-refractivity contribution in [1.29, 1.82) is 0 Å². The number of methoxy groups -OCH3 is 1. The Morgan fingerprint density at radius 1 is 1.06 bits per heavy atom. The minimum absolute atomic E-state index is 0.201. The Morgan fingerprint density at radius 3 is 2.58 bits per heavy atom. The number of carbonyl (C=O) groups is 2. The zero-order valence-corrected chi connectivity index (χ0v) is 17.2. The first kappa shape index (κ1) is 20.3. The quantitative estimate of drug-likeness (QED) is 0.266. The molecule has 1 aliphatic heterocycles. The minimum Gasteiger partial charge on any atom is -0.465 e. The van der Waals surface area contributed by atoms with E-state index in [1.165, 1.54) is 19.2 Å². The molecule has 0 aromatic heterocycles. The number of allylic oxidation sites excluding steroid dienone is 2. The smallest absolute Gasteiger partial charge is 0.338 e. The highest BCUT2D eigenvalue weighted by Gasteiger charge is 2.26. The van der Waals surface area contributed by atoms with Gasteiger partial charge in [-0.15, -0.1) is 0 Å². The van der Waals surface area contributed by atoms with E-state index in [-0.39, 0.29) is 16.8 Å². The van der Waals surface area contributed by atoms with Crippen LogP contribution in [0, 0.1) is 0 Å². The summed E-state index contributed by atoms with van der Waals surface area (Å²) >= 11 is 0. The molecule has 0 fully saturated rings. The molecule has 2 aliphatic carbocycles. The summed E-state index contributed by atoms with van der Waals surface area (Å²) in [5, 5.41) is 0.712. The van der Waals surface area contributed by atoms with Crippen molar-refractivity contribution in [3.8, 4) is 17.1 Å². The molecular weight excluding hydrogens is 396 g/mol. The van der Waals surface area contributed by atoms with Crippen molar-refractivity contribution >= 4 is 28.5 Å².